The zero-order chi connectivity index (χ0) is 24.4. The lowest BCUT2D eigenvalue weighted by Gasteiger charge is -2.32. The number of alkyl halides is 3. The number of aliphatic carboxylic acids is 1. The first-order chi connectivity index (χ1) is 15.6. The summed E-state index contributed by atoms with van der Waals surface area (Å²) >= 11 is 0. The molecule has 1 aliphatic rings. The number of fused-ring (bicyclic) bond motifs is 1. The van der Waals surface area contributed by atoms with Crippen molar-refractivity contribution in [3.63, 3.8) is 0 Å². The van der Waals surface area contributed by atoms with Crippen LogP contribution in [0.1, 0.15) is 12.5 Å². The summed E-state index contributed by atoms with van der Waals surface area (Å²) < 4.78 is 37.2. The molecule has 33 heavy (non-hydrogen) atoms. The lowest BCUT2D eigenvalue weighted by molar-refractivity contribution is -0.192. The minimum absolute atomic E-state index is 0.191. The van der Waals surface area contributed by atoms with Crippen LogP contribution in [-0.4, -0.2) is 89.8 Å². The zero-order valence-corrected chi connectivity index (χ0v) is 18.2. The van der Waals surface area contributed by atoms with E-state index in [-0.39, 0.29) is 18.7 Å². The topological polar surface area (TPSA) is 127 Å². The Bertz CT molecular complexity index is 905. The summed E-state index contributed by atoms with van der Waals surface area (Å²) in [4.78, 5) is 26.2. The Labute approximate surface area is 188 Å². The maximum atomic E-state index is 11.9. The molecule has 2 atom stereocenters. The molecule has 2 unspecified atom stereocenters. The van der Waals surface area contributed by atoms with Crippen molar-refractivity contribution in [1.82, 2.24) is 20.5 Å². The highest BCUT2D eigenvalue weighted by atomic mass is 19.4. The molecule has 9 nitrogen and oxygen atoms in total. The average Bonchev–Trinajstić information content (AvgIpc) is 3.22. The highest BCUT2D eigenvalue weighted by Crippen LogP contribution is 2.17. The summed E-state index contributed by atoms with van der Waals surface area (Å²) in [7, 11) is 0. The number of nitrogens with one attached hydrogen (secondary N) is 3. The highest BCUT2D eigenvalue weighted by molar-refractivity contribution is 5.82. The van der Waals surface area contributed by atoms with Gasteiger partial charge in [0, 0.05) is 44.4 Å². The van der Waals surface area contributed by atoms with E-state index in [1.807, 2.05) is 25.3 Å². The quantitative estimate of drug-likeness (QED) is 0.416. The van der Waals surface area contributed by atoms with Gasteiger partial charge in [-0.15, -0.1) is 0 Å². The summed E-state index contributed by atoms with van der Waals surface area (Å²) in [6, 6.07) is 7.93. The van der Waals surface area contributed by atoms with Crippen molar-refractivity contribution < 1.29 is 37.7 Å². The molecule has 2 amide bonds. The number of carbonyl (C=O) groups excluding carboxylic acids is 1. The van der Waals surface area contributed by atoms with Gasteiger partial charge in [0.05, 0.1) is 18.8 Å². The number of carboxylic acid groups (broad SMARTS) is 1. The first kappa shape index (κ1) is 26.4. The average molecular weight is 474 g/mol. The van der Waals surface area contributed by atoms with Crippen LogP contribution < -0.4 is 10.6 Å². The normalized spacial score (nSPS) is 17.7. The lowest BCUT2D eigenvalue weighted by atomic mass is 10.1. The van der Waals surface area contributed by atoms with Crippen molar-refractivity contribution in [3.05, 3.63) is 36.0 Å². The predicted molar refractivity (Wildman–Crippen MR) is 115 cm³/mol. The first-order valence-electron chi connectivity index (χ1n) is 10.4. The molecule has 184 valence electrons. The fourth-order valence-corrected chi connectivity index (χ4v) is 3.36. The Balaban J connectivity index is 0.000000479. The highest BCUT2D eigenvalue weighted by Gasteiger charge is 2.38. The second-order valence-electron chi connectivity index (χ2n) is 7.64. The van der Waals surface area contributed by atoms with Gasteiger partial charge in [0.1, 0.15) is 0 Å². The molecule has 12 heteroatoms. The Morgan fingerprint density at radius 3 is 2.70 bits per heavy atom. The number of morpholine rings is 1. The molecule has 1 aromatic carbocycles. The van der Waals surface area contributed by atoms with Gasteiger partial charge in [-0.3, -0.25) is 4.90 Å². The summed E-state index contributed by atoms with van der Waals surface area (Å²) in [6.45, 7) is 5.67. The predicted octanol–water partition coefficient (Wildman–Crippen LogP) is 1.72. The largest absolute Gasteiger partial charge is 0.490 e. The smallest absolute Gasteiger partial charge is 0.475 e. The third kappa shape index (κ3) is 9.28. The number of hydrogen-bond donors (Lipinski definition) is 5. The van der Waals surface area contributed by atoms with Crippen LogP contribution >= 0.6 is 0 Å². The van der Waals surface area contributed by atoms with E-state index in [4.69, 9.17) is 14.6 Å². The lowest BCUT2D eigenvalue weighted by Crippen LogP contribution is -2.48. The number of amides is 2. The molecule has 2 heterocycles. The fraction of sp³-hybridized carbons (Fsp3) is 0.524. The number of β-amino-alcohol motifs (C(OH)–C–C–N with tert-alkyl or cyclic N) is 1. The van der Waals surface area contributed by atoms with Crippen LogP contribution in [0.2, 0.25) is 0 Å². The van der Waals surface area contributed by atoms with Gasteiger partial charge >= 0.3 is 18.2 Å². The van der Waals surface area contributed by atoms with Crippen LogP contribution in [0.4, 0.5) is 18.0 Å². The van der Waals surface area contributed by atoms with Crippen molar-refractivity contribution in [2.24, 2.45) is 0 Å². The van der Waals surface area contributed by atoms with Crippen molar-refractivity contribution in [3.8, 4) is 0 Å². The number of aliphatic hydroxyl groups is 1. The standard InChI is InChI=1S/C19H28N4O3.C2HF3O2/c1-14-12-23(9-10-26-14)13-17(24)11-22-19(25)21-8-6-16-4-2-3-15-5-7-20-18(15)16;3-2(4,5)1(6)7/h2-5,7,14,17,20,24H,6,8-13H2,1H3,(H2,21,22,25);(H,6,7). The third-order valence-electron chi connectivity index (χ3n) is 4.89. The van der Waals surface area contributed by atoms with Crippen molar-refractivity contribution in [2.75, 3.05) is 39.3 Å². The molecule has 1 fully saturated rings. The van der Waals surface area contributed by atoms with E-state index >= 15 is 0 Å². The number of halogens is 3. The van der Waals surface area contributed by atoms with Gasteiger partial charge in [-0.1, -0.05) is 18.2 Å². The second kappa shape index (κ2) is 12.4. The van der Waals surface area contributed by atoms with Crippen molar-refractivity contribution >= 4 is 22.9 Å². The molecule has 1 aliphatic heterocycles. The molecule has 0 radical (unpaired) electrons. The van der Waals surface area contributed by atoms with Crippen molar-refractivity contribution in [2.45, 2.75) is 31.7 Å². The summed E-state index contributed by atoms with van der Waals surface area (Å²) in [5, 5.41) is 24.0. The molecule has 1 saturated heterocycles. The van der Waals surface area contributed by atoms with Crippen LogP contribution in [0, 0.1) is 0 Å². The number of urea groups is 1. The van der Waals surface area contributed by atoms with Gasteiger partial charge in [-0.05, 0) is 30.4 Å². The van der Waals surface area contributed by atoms with E-state index in [1.165, 1.54) is 10.9 Å². The van der Waals surface area contributed by atoms with E-state index in [0.717, 1.165) is 25.0 Å². The molecule has 0 saturated carbocycles. The Morgan fingerprint density at radius 1 is 1.30 bits per heavy atom. The van der Waals surface area contributed by atoms with E-state index in [1.54, 1.807) is 0 Å². The van der Waals surface area contributed by atoms with E-state index < -0.39 is 18.2 Å². The monoisotopic (exact) mass is 474 g/mol. The maximum Gasteiger partial charge on any atom is 0.490 e. The van der Waals surface area contributed by atoms with Crippen LogP contribution in [0.5, 0.6) is 0 Å². The molecule has 5 N–H and O–H groups in total. The molecule has 0 spiro atoms. The van der Waals surface area contributed by atoms with Crippen LogP contribution in [0.25, 0.3) is 10.9 Å². The number of benzene rings is 1. The number of nitrogens with zero attached hydrogens (tertiary/aromatic N) is 1. The number of H-pyrrole nitrogens is 1. The van der Waals surface area contributed by atoms with E-state index in [0.29, 0.717) is 19.7 Å². The van der Waals surface area contributed by atoms with E-state index in [2.05, 4.69) is 32.7 Å². The number of rotatable bonds is 7. The number of para-hydroxylation sites is 1. The molecular formula is C21H29F3N4O5. The Morgan fingerprint density at radius 2 is 2.03 bits per heavy atom. The van der Waals surface area contributed by atoms with Gasteiger partial charge in [-0.25, -0.2) is 9.59 Å². The maximum absolute atomic E-state index is 11.9. The number of aromatic amines is 1. The number of carboxylic acids is 1. The molecule has 1 aromatic heterocycles. The first-order valence-corrected chi connectivity index (χ1v) is 10.4. The van der Waals surface area contributed by atoms with Gasteiger partial charge in [-0.2, -0.15) is 13.2 Å². The summed E-state index contributed by atoms with van der Waals surface area (Å²) in [6.07, 6.45) is -2.81. The second-order valence-corrected chi connectivity index (χ2v) is 7.64. The van der Waals surface area contributed by atoms with Crippen LogP contribution in [0.3, 0.4) is 0 Å². The molecular weight excluding hydrogens is 445 g/mol. The molecule has 0 bridgehead atoms. The number of aromatic nitrogens is 1. The Hall–Kier alpha value is -2.83. The fourth-order valence-electron chi connectivity index (χ4n) is 3.36. The number of ether oxygens (including phenoxy) is 1. The minimum atomic E-state index is -5.08. The molecule has 2 aromatic rings. The van der Waals surface area contributed by atoms with Gasteiger partial charge in [0.2, 0.25) is 0 Å². The number of carbonyl (C=O) groups is 2. The van der Waals surface area contributed by atoms with E-state index in [9.17, 15) is 23.1 Å². The molecule has 3 rings (SSSR count). The third-order valence-corrected chi connectivity index (χ3v) is 4.89. The Kier molecular flexibility index (Phi) is 9.95. The van der Waals surface area contributed by atoms with Crippen LogP contribution in [-0.2, 0) is 16.0 Å². The number of hydrogen-bond acceptors (Lipinski definition) is 5. The van der Waals surface area contributed by atoms with Gasteiger partial charge in [0.25, 0.3) is 0 Å². The summed E-state index contributed by atoms with van der Waals surface area (Å²) in [5.41, 5.74) is 2.29. The SMILES string of the molecule is CC1CN(CC(O)CNC(=O)NCCc2cccc3cc[nH]c23)CCO1.O=C(O)C(F)(F)F. The molecule has 0 aliphatic carbocycles. The zero-order valence-electron chi connectivity index (χ0n) is 18.2. The minimum Gasteiger partial charge on any atom is -0.475 e. The van der Waals surface area contributed by atoms with Crippen LogP contribution in [0.15, 0.2) is 30.5 Å². The van der Waals surface area contributed by atoms with Gasteiger partial charge < -0.3 is 30.6 Å². The summed E-state index contributed by atoms with van der Waals surface area (Å²) in [5.74, 6) is -2.76. The number of aliphatic hydroxyl groups excluding tert-OH is 1. The van der Waals surface area contributed by atoms with Crippen molar-refractivity contribution in [1.29, 1.82) is 0 Å². The van der Waals surface area contributed by atoms with Gasteiger partial charge in [0.15, 0.2) is 0 Å².